The predicted molar refractivity (Wildman–Crippen MR) is 111 cm³/mol. The molecule has 0 saturated carbocycles. The van der Waals surface area contributed by atoms with Crippen LogP contribution in [0.2, 0.25) is 0 Å². The van der Waals surface area contributed by atoms with Gasteiger partial charge in [0.25, 0.3) is 0 Å². The van der Waals surface area contributed by atoms with Crippen LogP contribution in [0.3, 0.4) is 0 Å². The molecule has 1 amide bonds. The lowest BCUT2D eigenvalue weighted by Crippen LogP contribution is -2.28. The average molecular weight is 398 g/mol. The molecule has 3 N–H and O–H groups in total. The van der Waals surface area contributed by atoms with Crippen molar-refractivity contribution in [3.8, 4) is 17.1 Å². The largest absolute Gasteiger partial charge is 0.494 e. The minimum atomic E-state index is -0.0908. The Hall–Kier alpha value is -3.00. The van der Waals surface area contributed by atoms with Gasteiger partial charge in [-0.25, -0.2) is 4.68 Å². The van der Waals surface area contributed by atoms with Gasteiger partial charge in [0.15, 0.2) is 5.82 Å². The van der Waals surface area contributed by atoms with Crippen LogP contribution in [-0.4, -0.2) is 33.1 Å². The summed E-state index contributed by atoms with van der Waals surface area (Å²) in [4.78, 5) is 12.2. The Labute approximate surface area is 168 Å². The van der Waals surface area contributed by atoms with Crippen LogP contribution in [0.15, 0.2) is 59.8 Å². The monoisotopic (exact) mass is 397 g/mol. The van der Waals surface area contributed by atoms with E-state index < -0.39 is 0 Å². The summed E-state index contributed by atoms with van der Waals surface area (Å²) in [5.41, 5.74) is 1.88. The van der Waals surface area contributed by atoms with Crippen LogP contribution in [0.4, 0.5) is 0 Å². The fraction of sp³-hybridized carbons (Fsp3) is 0.250. The number of hydrogen-bond acceptors (Lipinski definition) is 6. The van der Waals surface area contributed by atoms with E-state index in [1.165, 1.54) is 16.4 Å². The summed E-state index contributed by atoms with van der Waals surface area (Å²) in [7, 11) is 0. The van der Waals surface area contributed by atoms with Gasteiger partial charge in [-0.15, -0.1) is 10.2 Å². The Balaban J connectivity index is 1.59. The normalized spacial score (nSPS) is 11.8. The van der Waals surface area contributed by atoms with Crippen molar-refractivity contribution in [2.45, 2.75) is 25.0 Å². The first kappa shape index (κ1) is 19.8. The van der Waals surface area contributed by atoms with Crippen LogP contribution in [0, 0.1) is 0 Å². The van der Waals surface area contributed by atoms with Crippen LogP contribution >= 0.6 is 11.8 Å². The fourth-order valence-corrected chi connectivity index (χ4v) is 3.35. The number of nitrogens with zero attached hydrogens (tertiary/aromatic N) is 3. The summed E-state index contributed by atoms with van der Waals surface area (Å²) in [5.74, 6) is 7.55. The maximum atomic E-state index is 12.2. The molecule has 3 rings (SSSR count). The first-order valence-electron chi connectivity index (χ1n) is 8.99. The number of carbonyl (C=O) groups is 1. The second-order valence-electron chi connectivity index (χ2n) is 6.12. The molecule has 28 heavy (non-hydrogen) atoms. The minimum Gasteiger partial charge on any atom is -0.494 e. The van der Waals surface area contributed by atoms with Crippen molar-refractivity contribution in [2.24, 2.45) is 0 Å². The molecule has 0 aliphatic carbocycles. The Morgan fingerprint density at radius 3 is 2.57 bits per heavy atom. The van der Waals surface area contributed by atoms with E-state index in [2.05, 4.69) is 15.5 Å². The third kappa shape index (κ3) is 4.83. The lowest BCUT2D eigenvalue weighted by Gasteiger charge is -2.13. The van der Waals surface area contributed by atoms with Crippen LogP contribution in [-0.2, 0) is 4.79 Å². The summed E-state index contributed by atoms with van der Waals surface area (Å²) >= 11 is 1.25. The first-order valence-corrected chi connectivity index (χ1v) is 9.98. The van der Waals surface area contributed by atoms with Crippen molar-refractivity contribution < 1.29 is 9.53 Å². The van der Waals surface area contributed by atoms with Gasteiger partial charge >= 0.3 is 0 Å². The highest BCUT2D eigenvalue weighted by Gasteiger charge is 2.15. The molecule has 8 heteroatoms. The summed E-state index contributed by atoms with van der Waals surface area (Å²) in [5, 5.41) is 11.7. The second-order valence-corrected chi connectivity index (χ2v) is 7.06. The van der Waals surface area contributed by atoms with Crippen molar-refractivity contribution in [3.63, 3.8) is 0 Å². The maximum Gasteiger partial charge on any atom is 0.230 e. The average Bonchev–Trinajstić information content (AvgIpc) is 3.08. The molecule has 2 aromatic carbocycles. The molecule has 1 atom stereocenters. The zero-order valence-corrected chi connectivity index (χ0v) is 16.6. The quantitative estimate of drug-likeness (QED) is 0.448. The number of amides is 1. The summed E-state index contributed by atoms with van der Waals surface area (Å²) in [6.45, 7) is 4.50. The second kappa shape index (κ2) is 9.27. The molecular weight excluding hydrogens is 374 g/mol. The van der Waals surface area contributed by atoms with E-state index >= 15 is 0 Å². The predicted octanol–water partition coefficient (Wildman–Crippen LogP) is 3.03. The number of hydrogen-bond donors (Lipinski definition) is 2. The van der Waals surface area contributed by atoms with Crippen LogP contribution in [0.25, 0.3) is 11.4 Å². The molecule has 1 heterocycles. The Kier molecular flexibility index (Phi) is 6.54. The molecular formula is C20H23N5O2S. The molecule has 3 aromatic rings. The number of aromatic nitrogens is 3. The van der Waals surface area contributed by atoms with Crippen LogP contribution in [0.1, 0.15) is 25.5 Å². The summed E-state index contributed by atoms with van der Waals surface area (Å²) in [6.07, 6.45) is 0. The third-order valence-electron chi connectivity index (χ3n) is 4.10. The van der Waals surface area contributed by atoms with Crippen molar-refractivity contribution in [1.82, 2.24) is 20.2 Å². The molecule has 0 aliphatic rings. The molecule has 0 radical (unpaired) electrons. The highest BCUT2D eigenvalue weighted by molar-refractivity contribution is 7.99. The van der Waals surface area contributed by atoms with Crippen molar-refractivity contribution in [3.05, 3.63) is 60.2 Å². The number of thioether (sulfide) groups is 1. The van der Waals surface area contributed by atoms with E-state index in [0.29, 0.717) is 17.6 Å². The number of benzene rings is 2. The Bertz CT molecular complexity index is 912. The smallest absolute Gasteiger partial charge is 0.230 e. The van der Waals surface area contributed by atoms with E-state index in [4.69, 9.17) is 10.6 Å². The molecule has 0 fully saturated rings. The van der Waals surface area contributed by atoms with Crippen LogP contribution < -0.4 is 15.9 Å². The molecule has 7 nitrogen and oxygen atoms in total. The molecule has 0 saturated heterocycles. The highest BCUT2D eigenvalue weighted by Crippen LogP contribution is 2.23. The number of nitrogens with two attached hydrogens (primary N) is 1. The van der Waals surface area contributed by atoms with E-state index in [1.807, 2.05) is 68.4 Å². The Morgan fingerprint density at radius 2 is 1.89 bits per heavy atom. The summed E-state index contributed by atoms with van der Waals surface area (Å²) < 4.78 is 6.84. The van der Waals surface area contributed by atoms with Gasteiger partial charge < -0.3 is 15.9 Å². The SMILES string of the molecule is CCOc1ccc(-c2nnc(SCC(=O)N[C@H](C)c3ccccc3)n2N)cc1. The van der Waals surface area contributed by atoms with Crippen molar-refractivity contribution in [1.29, 1.82) is 0 Å². The third-order valence-corrected chi connectivity index (χ3v) is 5.04. The number of carbonyl (C=O) groups excluding carboxylic acids is 1. The molecule has 0 bridgehead atoms. The topological polar surface area (TPSA) is 95.1 Å². The van der Waals surface area contributed by atoms with Crippen molar-refractivity contribution in [2.75, 3.05) is 18.2 Å². The van der Waals surface area contributed by atoms with Crippen molar-refractivity contribution >= 4 is 17.7 Å². The molecule has 0 unspecified atom stereocenters. The number of nitrogen functional groups attached to an aromatic ring is 1. The standard InChI is InChI=1S/C20H23N5O2S/c1-3-27-17-11-9-16(10-12-17)19-23-24-20(25(19)21)28-13-18(26)22-14(2)15-7-5-4-6-8-15/h4-12,14H,3,13,21H2,1-2H3,(H,22,26)/t14-/m1/s1. The van der Waals surface area contributed by atoms with Gasteiger partial charge in [0.2, 0.25) is 11.1 Å². The van der Waals surface area contributed by atoms with E-state index in [9.17, 15) is 4.79 Å². The molecule has 0 aliphatic heterocycles. The number of rotatable bonds is 8. The van der Waals surface area contributed by atoms with E-state index in [1.54, 1.807) is 0 Å². The van der Waals surface area contributed by atoms with Crippen LogP contribution in [0.5, 0.6) is 5.75 Å². The van der Waals surface area contributed by atoms with Gasteiger partial charge in [-0.05, 0) is 43.7 Å². The Morgan fingerprint density at radius 1 is 1.18 bits per heavy atom. The molecule has 146 valence electrons. The first-order chi connectivity index (χ1) is 13.6. The highest BCUT2D eigenvalue weighted by atomic mass is 32.2. The van der Waals surface area contributed by atoms with Gasteiger partial charge in [0.05, 0.1) is 18.4 Å². The maximum absolute atomic E-state index is 12.2. The lowest BCUT2D eigenvalue weighted by molar-refractivity contribution is -0.119. The van der Waals surface area contributed by atoms with Gasteiger partial charge in [0, 0.05) is 5.56 Å². The zero-order valence-electron chi connectivity index (χ0n) is 15.8. The van der Waals surface area contributed by atoms with Gasteiger partial charge in [-0.3, -0.25) is 4.79 Å². The number of ether oxygens (including phenoxy) is 1. The van der Waals surface area contributed by atoms with Gasteiger partial charge in [-0.2, -0.15) is 0 Å². The summed E-state index contributed by atoms with van der Waals surface area (Å²) in [6, 6.07) is 17.2. The minimum absolute atomic E-state index is 0.0653. The van der Waals surface area contributed by atoms with Gasteiger partial charge in [-0.1, -0.05) is 42.1 Å². The number of nitrogens with one attached hydrogen (secondary N) is 1. The van der Waals surface area contributed by atoms with E-state index in [0.717, 1.165) is 16.9 Å². The fourth-order valence-electron chi connectivity index (χ4n) is 2.68. The lowest BCUT2D eigenvalue weighted by atomic mass is 10.1. The molecule has 1 aromatic heterocycles. The zero-order chi connectivity index (χ0) is 19.9. The molecule has 0 spiro atoms. The van der Waals surface area contributed by atoms with Gasteiger partial charge in [0.1, 0.15) is 5.75 Å². The van der Waals surface area contributed by atoms with E-state index in [-0.39, 0.29) is 17.7 Å².